The number of rotatable bonds is 3. The minimum atomic E-state index is 0.242. The summed E-state index contributed by atoms with van der Waals surface area (Å²) in [6, 6.07) is 0.910. The van der Waals surface area contributed by atoms with Crippen LogP contribution in [0.3, 0.4) is 0 Å². The van der Waals surface area contributed by atoms with Gasteiger partial charge in [0.2, 0.25) is 0 Å². The Kier molecular flexibility index (Phi) is 3.89. The van der Waals surface area contributed by atoms with Crippen molar-refractivity contribution in [2.75, 3.05) is 20.2 Å². The van der Waals surface area contributed by atoms with Crippen LogP contribution in [0.4, 0.5) is 0 Å². The molecular weight excluding hydrogens is 238 g/mol. The van der Waals surface area contributed by atoms with E-state index in [-0.39, 0.29) is 12.6 Å². The lowest BCUT2D eigenvalue weighted by atomic mass is 9.99. The van der Waals surface area contributed by atoms with Crippen LogP contribution in [0, 0.1) is 0 Å². The predicted molar refractivity (Wildman–Crippen MR) is 75.3 cm³/mol. The fourth-order valence-electron chi connectivity index (χ4n) is 3.54. The van der Waals surface area contributed by atoms with Gasteiger partial charge in [0, 0.05) is 25.1 Å². The molecule has 2 aliphatic heterocycles. The number of likely N-dealkylation sites (tertiary alicyclic amines) is 1. The summed E-state index contributed by atoms with van der Waals surface area (Å²) in [7, 11) is 2.23. The minimum Gasteiger partial charge on any atom is -0.394 e. The maximum atomic E-state index is 9.45. The lowest BCUT2D eigenvalue weighted by Gasteiger charge is -2.31. The van der Waals surface area contributed by atoms with Crippen LogP contribution in [0.2, 0.25) is 0 Å². The zero-order chi connectivity index (χ0) is 13.2. The van der Waals surface area contributed by atoms with Crippen molar-refractivity contribution in [1.82, 2.24) is 14.5 Å². The van der Waals surface area contributed by atoms with Crippen LogP contribution in [0.15, 0.2) is 6.20 Å². The first-order valence-electron chi connectivity index (χ1n) is 7.65. The van der Waals surface area contributed by atoms with Gasteiger partial charge in [0.15, 0.2) is 0 Å². The molecule has 19 heavy (non-hydrogen) atoms. The number of piperidine rings is 1. The molecule has 1 saturated heterocycles. The van der Waals surface area contributed by atoms with E-state index in [0.717, 1.165) is 25.7 Å². The summed E-state index contributed by atoms with van der Waals surface area (Å²) in [5.41, 5.74) is 1.22. The Morgan fingerprint density at radius 3 is 2.89 bits per heavy atom. The number of fused-ring (bicyclic) bond motifs is 1. The van der Waals surface area contributed by atoms with Crippen molar-refractivity contribution in [1.29, 1.82) is 0 Å². The molecule has 1 fully saturated rings. The molecule has 1 aromatic rings. The van der Waals surface area contributed by atoms with E-state index in [9.17, 15) is 5.11 Å². The van der Waals surface area contributed by atoms with Crippen LogP contribution in [-0.2, 0) is 12.8 Å². The number of aryl methyl sites for hydroxylation is 1. The Labute approximate surface area is 115 Å². The van der Waals surface area contributed by atoms with Gasteiger partial charge in [-0.1, -0.05) is 6.42 Å². The maximum Gasteiger partial charge on any atom is 0.109 e. The lowest BCUT2D eigenvalue weighted by Crippen LogP contribution is -2.37. The third-order valence-corrected chi connectivity index (χ3v) is 4.77. The van der Waals surface area contributed by atoms with Gasteiger partial charge in [0.05, 0.1) is 18.3 Å². The number of likely N-dealkylation sites (N-methyl/N-ethyl adjacent to an activating group) is 1. The molecule has 2 unspecified atom stereocenters. The minimum absolute atomic E-state index is 0.242. The third kappa shape index (κ3) is 2.70. The van der Waals surface area contributed by atoms with Gasteiger partial charge < -0.3 is 14.6 Å². The van der Waals surface area contributed by atoms with E-state index in [1.165, 1.54) is 37.3 Å². The summed E-state index contributed by atoms with van der Waals surface area (Å²) in [6.45, 7) is 1.46. The van der Waals surface area contributed by atoms with Gasteiger partial charge in [-0.25, -0.2) is 4.98 Å². The zero-order valence-electron chi connectivity index (χ0n) is 11.9. The number of aliphatic hydroxyl groups excluding tert-OH is 1. The monoisotopic (exact) mass is 263 g/mol. The Bertz CT molecular complexity index is 429. The molecule has 4 nitrogen and oxygen atoms in total. The topological polar surface area (TPSA) is 41.3 Å². The van der Waals surface area contributed by atoms with Gasteiger partial charge in [-0.3, -0.25) is 0 Å². The molecule has 4 heteroatoms. The van der Waals surface area contributed by atoms with Gasteiger partial charge in [-0.05, 0) is 39.3 Å². The van der Waals surface area contributed by atoms with Crippen molar-refractivity contribution < 1.29 is 5.11 Å². The highest BCUT2D eigenvalue weighted by molar-refractivity contribution is 5.10. The van der Waals surface area contributed by atoms with Gasteiger partial charge in [-0.2, -0.15) is 0 Å². The molecule has 0 bridgehead atoms. The maximum absolute atomic E-state index is 9.45. The molecule has 106 valence electrons. The molecule has 0 saturated carbocycles. The summed E-state index contributed by atoms with van der Waals surface area (Å²) in [6.07, 6.45) is 10.5. The molecule has 0 aliphatic carbocycles. The second-order valence-electron chi connectivity index (χ2n) is 6.12. The average molecular weight is 263 g/mol. The van der Waals surface area contributed by atoms with Crippen LogP contribution < -0.4 is 0 Å². The smallest absolute Gasteiger partial charge is 0.109 e. The molecule has 2 aliphatic rings. The molecule has 0 spiro atoms. The molecule has 2 atom stereocenters. The van der Waals surface area contributed by atoms with Crippen molar-refractivity contribution in [2.45, 2.75) is 57.0 Å². The fraction of sp³-hybridized carbons (Fsp3) is 0.800. The molecule has 3 heterocycles. The lowest BCUT2D eigenvalue weighted by molar-refractivity contribution is 0.183. The third-order valence-electron chi connectivity index (χ3n) is 4.77. The zero-order valence-corrected chi connectivity index (χ0v) is 11.9. The van der Waals surface area contributed by atoms with Gasteiger partial charge >= 0.3 is 0 Å². The number of nitrogens with zero attached hydrogens (tertiary/aromatic N) is 3. The number of hydrogen-bond donors (Lipinski definition) is 1. The van der Waals surface area contributed by atoms with Crippen LogP contribution >= 0.6 is 0 Å². The van der Waals surface area contributed by atoms with E-state index >= 15 is 0 Å². The first-order chi connectivity index (χ1) is 9.28. The summed E-state index contributed by atoms with van der Waals surface area (Å²) < 4.78 is 2.22. The van der Waals surface area contributed by atoms with Crippen molar-refractivity contribution in [2.24, 2.45) is 0 Å². The Balaban J connectivity index is 1.73. The van der Waals surface area contributed by atoms with Crippen LogP contribution in [0.5, 0.6) is 0 Å². The van der Waals surface area contributed by atoms with Crippen molar-refractivity contribution in [3.05, 3.63) is 17.7 Å². The molecule has 0 radical (unpaired) electrons. The highest BCUT2D eigenvalue weighted by atomic mass is 16.3. The second-order valence-corrected chi connectivity index (χ2v) is 6.12. The number of aromatic nitrogens is 2. The molecule has 0 aromatic carbocycles. The Hall–Kier alpha value is -0.870. The van der Waals surface area contributed by atoms with E-state index in [2.05, 4.69) is 22.7 Å². The van der Waals surface area contributed by atoms with Crippen LogP contribution in [0.25, 0.3) is 0 Å². The Morgan fingerprint density at radius 1 is 1.26 bits per heavy atom. The van der Waals surface area contributed by atoms with Crippen molar-refractivity contribution >= 4 is 0 Å². The van der Waals surface area contributed by atoms with E-state index < -0.39 is 0 Å². The molecule has 1 aromatic heterocycles. The largest absolute Gasteiger partial charge is 0.394 e. The van der Waals surface area contributed by atoms with Crippen LogP contribution in [0.1, 0.15) is 49.7 Å². The molecule has 3 rings (SSSR count). The summed E-state index contributed by atoms with van der Waals surface area (Å²) in [5, 5.41) is 9.45. The predicted octanol–water partition coefficient (Wildman–Crippen LogP) is 1.78. The first kappa shape index (κ1) is 13.1. The quantitative estimate of drug-likeness (QED) is 0.904. The van der Waals surface area contributed by atoms with Crippen LogP contribution in [-0.4, -0.2) is 45.8 Å². The molecule has 0 amide bonds. The first-order valence-corrected chi connectivity index (χ1v) is 7.65. The van der Waals surface area contributed by atoms with Gasteiger partial charge in [0.1, 0.15) is 5.82 Å². The van der Waals surface area contributed by atoms with E-state index in [1.807, 2.05) is 0 Å². The van der Waals surface area contributed by atoms with E-state index in [1.54, 1.807) is 0 Å². The summed E-state index contributed by atoms with van der Waals surface area (Å²) in [4.78, 5) is 7.28. The number of hydrogen-bond acceptors (Lipinski definition) is 3. The van der Waals surface area contributed by atoms with E-state index in [4.69, 9.17) is 4.98 Å². The van der Waals surface area contributed by atoms with Crippen molar-refractivity contribution in [3.63, 3.8) is 0 Å². The van der Waals surface area contributed by atoms with Gasteiger partial charge in [0.25, 0.3) is 0 Å². The Morgan fingerprint density at radius 2 is 2.11 bits per heavy atom. The highest BCUT2D eigenvalue weighted by Gasteiger charge is 2.24. The summed E-state index contributed by atoms with van der Waals surface area (Å²) in [5.74, 6) is 1.18. The number of imidazole rings is 1. The second kappa shape index (κ2) is 5.63. The summed E-state index contributed by atoms with van der Waals surface area (Å²) >= 11 is 0. The van der Waals surface area contributed by atoms with E-state index in [0.29, 0.717) is 6.04 Å². The highest BCUT2D eigenvalue weighted by Crippen LogP contribution is 2.26. The molecule has 1 N–H and O–H groups in total. The number of aliphatic hydroxyl groups is 1. The molecular formula is C15H25N3O. The standard InChI is InChI=1S/C15H25N3O/c1-17-8-3-2-5-13(17)9-12-10-18-14(11-19)6-4-7-15(18)16-12/h10,13-14,19H,2-9,11H2,1H3. The normalized spacial score (nSPS) is 28.3. The SMILES string of the molecule is CN1CCCCC1Cc1cn2c(n1)CCCC2CO. The average Bonchev–Trinajstić information content (AvgIpc) is 2.83. The fourth-order valence-corrected chi connectivity index (χ4v) is 3.54. The van der Waals surface area contributed by atoms with Crippen molar-refractivity contribution in [3.8, 4) is 0 Å². The van der Waals surface area contributed by atoms with Gasteiger partial charge in [-0.15, -0.1) is 0 Å².